The van der Waals surface area contributed by atoms with Gasteiger partial charge in [0, 0.05) is 6.04 Å². The van der Waals surface area contributed by atoms with Gasteiger partial charge in [-0.05, 0) is 38.3 Å². The summed E-state index contributed by atoms with van der Waals surface area (Å²) in [4.78, 5) is 11.3. The Morgan fingerprint density at radius 1 is 1.50 bits per heavy atom. The van der Waals surface area contributed by atoms with Gasteiger partial charge >= 0.3 is 0 Å². The average molecular weight is 196 g/mol. The smallest absolute Gasteiger partial charge is 0.243 e. The van der Waals surface area contributed by atoms with Crippen LogP contribution >= 0.6 is 0 Å². The molecule has 2 atom stereocenters. The summed E-state index contributed by atoms with van der Waals surface area (Å²) in [6.07, 6.45) is 8.01. The first kappa shape index (κ1) is 11.2. The molecule has 0 heterocycles. The van der Waals surface area contributed by atoms with E-state index in [0.29, 0.717) is 12.5 Å². The van der Waals surface area contributed by atoms with E-state index in [1.165, 1.54) is 12.8 Å². The van der Waals surface area contributed by atoms with Crippen molar-refractivity contribution < 1.29 is 4.79 Å². The van der Waals surface area contributed by atoms with Gasteiger partial charge in [-0.1, -0.05) is 18.9 Å². The second-order valence-electron chi connectivity index (χ2n) is 3.90. The van der Waals surface area contributed by atoms with Crippen molar-refractivity contribution in [1.29, 1.82) is 0 Å². The molecule has 0 radical (unpaired) electrons. The van der Waals surface area contributed by atoms with Crippen LogP contribution in [0.2, 0.25) is 0 Å². The van der Waals surface area contributed by atoms with Crippen LogP contribution in [0.5, 0.6) is 0 Å². The summed E-state index contributed by atoms with van der Waals surface area (Å²) < 4.78 is 0. The summed E-state index contributed by atoms with van der Waals surface area (Å²) in [5.74, 6) is 0.482. The van der Waals surface area contributed by atoms with Crippen LogP contribution in [0.3, 0.4) is 0 Å². The van der Waals surface area contributed by atoms with Gasteiger partial charge in [0.25, 0.3) is 0 Å². The van der Waals surface area contributed by atoms with E-state index in [1.54, 1.807) is 12.2 Å². The standard InChI is InChI=1S/C11H20N2O/c1-2-5-11(14)13-10-7-4-3-6-9(10)8-12/h2,5,9-10H,3-4,6-8,12H2,1H3,(H,13,14). The van der Waals surface area contributed by atoms with Crippen LogP contribution in [0.15, 0.2) is 12.2 Å². The second-order valence-corrected chi connectivity index (χ2v) is 3.90. The molecule has 1 aliphatic carbocycles. The molecule has 0 aliphatic heterocycles. The third kappa shape index (κ3) is 3.14. The maximum Gasteiger partial charge on any atom is 0.243 e. The van der Waals surface area contributed by atoms with E-state index in [-0.39, 0.29) is 11.9 Å². The van der Waals surface area contributed by atoms with E-state index in [4.69, 9.17) is 5.73 Å². The van der Waals surface area contributed by atoms with E-state index in [2.05, 4.69) is 5.32 Å². The van der Waals surface area contributed by atoms with Crippen molar-refractivity contribution in [2.24, 2.45) is 11.7 Å². The maximum absolute atomic E-state index is 11.3. The highest BCUT2D eigenvalue weighted by Gasteiger charge is 2.24. The predicted octanol–water partition coefficient (Wildman–Crippen LogP) is 1.20. The molecule has 0 saturated heterocycles. The van der Waals surface area contributed by atoms with Crippen LogP contribution in [0.4, 0.5) is 0 Å². The summed E-state index contributed by atoms with van der Waals surface area (Å²) in [5.41, 5.74) is 5.67. The fraction of sp³-hybridized carbons (Fsp3) is 0.727. The Labute approximate surface area is 85.7 Å². The molecule has 0 spiro atoms. The minimum absolute atomic E-state index is 0.0119. The average Bonchev–Trinajstić information content (AvgIpc) is 2.19. The third-order valence-corrected chi connectivity index (χ3v) is 2.86. The van der Waals surface area contributed by atoms with Gasteiger partial charge in [0.15, 0.2) is 0 Å². The van der Waals surface area contributed by atoms with Gasteiger partial charge in [-0.2, -0.15) is 0 Å². The number of allylic oxidation sites excluding steroid dienone is 1. The molecule has 1 rings (SSSR count). The van der Waals surface area contributed by atoms with E-state index in [9.17, 15) is 4.79 Å². The van der Waals surface area contributed by atoms with Crippen LogP contribution < -0.4 is 11.1 Å². The predicted molar refractivity (Wildman–Crippen MR) is 57.8 cm³/mol. The van der Waals surface area contributed by atoms with Crippen LogP contribution in [-0.4, -0.2) is 18.5 Å². The van der Waals surface area contributed by atoms with E-state index in [1.807, 2.05) is 6.92 Å². The van der Waals surface area contributed by atoms with Crippen LogP contribution in [0, 0.1) is 5.92 Å². The van der Waals surface area contributed by atoms with Gasteiger partial charge in [0.1, 0.15) is 0 Å². The lowest BCUT2D eigenvalue weighted by molar-refractivity contribution is -0.117. The lowest BCUT2D eigenvalue weighted by atomic mass is 9.84. The fourth-order valence-corrected chi connectivity index (χ4v) is 2.06. The minimum Gasteiger partial charge on any atom is -0.350 e. The molecule has 80 valence electrons. The summed E-state index contributed by atoms with van der Waals surface area (Å²) in [6, 6.07) is 0.289. The van der Waals surface area contributed by atoms with Gasteiger partial charge in [0.05, 0.1) is 0 Å². The number of nitrogens with two attached hydrogens (primary N) is 1. The molecule has 0 aromatic heterocycles. The number of carbonyl (C=O) groups excluding carboxylic acids is 1. The van der Waals surface area contributed by atoms with E-state index in [0.717, 1.165) is 12.8 Å². The Morgan fingerprint density at radius 2 is 2.21 bits per heavy atom. The Bertz CT molecular complexity index is 213. The topological polar surface area (TPSA) is 55.1 Å². The van der Waals surface area contributed by atoms with Crippen molar-refractivity contribution in [3.8, 4) is 0 Å². The van der Waals surface area contributed by atoms with Gasteiger partial charge in [-0.25, -0.2) is 0 Å². The lowest BCUT2D eigenvalue weighted by Crippen LogP contribution is -2.44. The molecule has 1 fully saturated rings. The first-order chi connectivity index (χ1) is 6.77. The zero-order valence-corrected chi connectivity index (χ0v) is 8.83. The van der Waals surface area contributed by atoms with Crippen molar-refractivity contribution in [2.75, 3.05) is 6.54 Å². The summed E-state index contributed by atoms with van der Waals surface area (Å²) in [7, 11) is 0. The molecule has 0 aromatic carbocycles. The highest BCUT2D eigenvalue weighted by Crippen LogP contribution is 2.23. The summed E-state index contributed by atoms with van der Waals surface area (Å²) >= 11 is 0. The normalized spacial score (nSPS) is 27.9. The number of hydrogen-bond donors (Lipinski definition) is 2. The largest absolute Gasteiger partial charge is 0.350 e. The molecule has 3 heteroatoms. The van der Waals surface area contributed by atoms with Crippen molar-refractivity contribution in [1.82, 2.24) is 5.32 Å². The number of carbonyl (C=O) groups is 1. The fourth-order valence-electron chi connectivity index (χ4n) is 2.06. The highest BCUT2D eigenvalue weighted by molar-refractivity contribution is 5.87. The van der Waals surface area contributed by atoms with Crippen molar-refractivity contribution in [3.05, 3.63) is 12.2 Å². The van der Waals surface area contributed by atoms with Gasteiger partial charge in [0.2, 0.25) is 5.91 Å². The number of hydrogen-bond acceptors (Lipinski definition) is 2. The monoisotopic (exact) mass is 196 g/mol. The first-order valence-corrected chi connectivity index (χ1v) is 5.41. The van der Waals surface area contributed by atoms with E-state index >= 15 is 0 Å². The summed E-state index contributed by atoms with van der Waals surface area (Å²) in [5, 5.41) is 3.02. The third-order valence-electron chi connectivity index (χ3n) is 2.86. The molecule has 0 aromatic rings. The Morgan fingerprint density at radius 3 is 2.86 bits per heavy atom. The van der Waals surface area contributed by atoms with Crippen LogP contribution in [0.25, 0.3) is 0 Å². The molecule has 3 N–H and O–H groups in total. The Hall–Kier alpha value is -0.830. The molecular weight excluding hydrogens is 176 g/mol. The van der Waals surface area contributed by atoms with Crippen molar-refractivity contribution in [3.63, 3.8) is 0 Å². The van der Waals surface area contributed by atoms with Crippen LogP contribution in [-0.2, 0) is 4.79 Å². The number of amides is 1. The molecule has 2 unspecified atom stereocenters. The molecular formula is C11H20N2O. The van der Waals surface area contributed by atoms with Crippen LogP contribution in [0.1, 0.15) is 32.6 Å². The molecule has 1 amide bonds. The maximum atomic E-state index is 11.3. The zero-order valence-electron chi connectivity index (χ0n) is 8.83. The molecule has 0 bridgehead atoms. The zero-order chi connectivity index (χ0) is 10.4. The number of nitrogens with one attached hydrogen (secondary N) is 1. The summed E-state index contributed by atoms with van der Waals surface area (Å²) in [6.45, 7) is 2.53. The first-order valence-electron chi connectivity index (χ1n) is 5.41. The molecule has 14 heavy (non-hydrogen) atoms. The quantitative estimate of drug-likeness (QED) is 0.666. The molecule has 3 nitrogen and oxygen atoms in total. The lowest BCUT2D eigenvalue weighted by Gasteiger charge is -2.30. The van der Waals surface area contributed by atoms with Gasteiger partial charge in [-0.3, -0.25) is 4.79 Å². The minimum atomic E-state index is 0.0119. The number of rotatable bonds is 3. The SMILES string of the molecule is CC=CC(=O)NC1CCCCC1CN. The van der Waals surface area contributed by atoms with Crippen molar-refractivity contribution in [2.45, 2.75) is 38.6 Å². The van der Waals surface area contributed by atoms with E-state index < -0.39 is 0 Å². The Balaban J connectivity index is 2.44. The second kappa shape index (κ2) is 5.81. The van der Waals surface area contributed by atoms with Crippen molar-refractivity contribution >= 4 is 5.91 Å². The van der Waals surface area contributed by atoms with Gasteiger partial charge in [-0.15, -0.1) is 0 Å². The highest BCUT2D eigenvalue weighted by atomic mass is 16.1. The Kier molecular flexibility index (Phi) is 4.66. The molecule has 1 saturated carbocycles. The van der Waals surface area contributed by atoms with Gasteiger partial charge < -0.3 is 11.1 Å². The molecule has 1 aliphatic rings.